The Balaban J connectivity index is 2.91. The zero-order valence-corrected chi connectivity index (χ0v) is 8.07. The fourth-order valence-electron chi connectivity index (χ4n) is 0.769. The predicted molar refractivity (Wildman–Crippen MR) is 52.8 cm³/mol. The summed E-state index contributed by atoms with van der Waals surface area (Å²) in [6, 6.07) is 0. The molecule has 0 unspecified atom stereocenters. The summed E-state index contributed by atoms with van der Waals surface area (Å²) < 4.78 is 0. The van der Waals surface area contributed by atoms with E-state index in [-0.39, 0.29) is 6.61 Å². The summed E-state index contributed by atoms with van der Waals surface area (Å²) in [5.74, 6) is 0.824. The highest BCUT2D eigenvalue weighted by Gasteiger charge is 1.81. The first-order valence-corrected chi connectivity index (χ1v) is 5.34. The summed E-state index contributed by atoms with van der Waals surface area (Å²) in [5, 5.41) is 10.5. The highest BCUT2D eigenvalue weighted by atomic mass is 32.2. The van der Waals surface area contributed by atoms with Crippen LogP contribution in [0.15, 0.2) is 11.5 Å². The van der Waals surface area contributed by atoms with Crippen molar-refractivity contribution in [3.63, 3.8) is 0 Å². The van der Waals surface area contributed by atoms with Crippen molar-refractivity contribution < 1.29 is 5.11 Å². The Hall–Kier alpha value is 0.0500. The van der Waals surface area contributed by atoms with Gasteiger partial charge in [0.15, 0.2) is 0 Å². The molecule has 0 saturated carbocycles. The maximum Gasteiger partial charge on any atom is 0.0525 e. The van der Waals surface area contributed by atoms with Crippen molar-refractivity contribution in [3.05, 3.63) is 11.5 Å². The highest BCUT2D eigenvalue weighted by Crippen LogP contribution is 2.04. The van der Waals surface area contributed by atoms with Gasteiger partial charge in [-0.05, 0) is 18.2 Å². The average molecular weight is 174 g/mol. The normalized spacial score (nSPS) is 11.1. The van der Waals surface area contributed by atoms with Gasteiger partial charge >= 0.3 is 0 Å². The summed E-state index contributed by atoms with van der Waals surface area (Å²) in [5.41, 5.74) is 0. The minimum absolute atomic E-state index is 0.282. The molecule has 0 rings (SSSR count). The van der Waals surface area contributed by atoms with Crippen molar-refractivity contribution in [3.8, 4) is 0 Å². The van der Waals surface area contributed by atoms with E-state index in [1.807, 2.05) is 0 Å². The Morgan fingerprint density at radius 3 is 2.82 bits per heavy atom. The Morgan fingerprint density at radius 1 is 1.36 bits per heavy atom. The van der Waals surface area contributed by atoms with E-state index in [0.29, 0.717) is 0 Å². The molecule has 0 saturated heterocycles. The van der Waals surface area contributed by atoms with Crippen molar-refractivity contribution in [2.24, 2.45) is 0 Å². The summed E-state index contributed by atoms with van der Waals surface area (Å²) in [7, 11) is 0. The fraction of sp³-hybridized carbons (Fsp3) is 0.778. The zero-order valence-electron chi connectivity index (χ0n) is 7.25. The standard InChI is InChI=1S/C9H18OS/c1-2-3-4-5-6-8-11-9-7-10/h6,8,10H,2-5,7,9H2,1H3. The van der Waals surface area contributed by atoms with Crippen LogP contribution in [0.3, 0.4) is 0 Å². The third kappa shape index (κ3) is 10.1. The molecule has 0 aromatic carbocycles. The summed E-state index contributed by atoms with van der Waals surface area (Å²) >= 11 is 1.68. The van der Waals surface area contributed by atoms with Gasteiger partial charge in [0.25, 0.3) is 0 Å². The number of aliphatic hydroxyl groups excluding tert-OH is 1. The highest BCUT2D eigenvalue weighted by molar-refractivity contribution is 8.02. The summed E-state index contributed by atoms with van der Waals surface area (Å²) in [4.78, 5) is 0. The van der Waals surface area contributed by atoms with Gasteiger partial charge in [-0.15, -0.1) is 11.8 Å². The summed E-state index contributed by atoms with van der Waals surface area (Å²) in [6.45, 7) is 2.49. The third-order valence-corrected chi connectivity index (χ3v) is 2.18. The van der Waals surface area contributed by atoms with Gasteiger partial charge in [-0.1, -0.05) is 25.8 Å². The van der Waals surface area contributed by atoms with Crippen molar-refractivity contribution in [2.45, 2.75) is 32.6 Å². The van der Waals surface area contributed by atoms with Crippen molar-refractivity contribution in [2.75, 3.05) is 12.4 Å². The largest absolute Gasteiger partial charge is 0.396 e. The number of aliphatic hydroxyl groups is 1. The maximum atomic E-state index is 8.45. The van der Waals surface area contributed by atoms with Gasteiger partial charge in [0.05, 0.1) is 6.61 Å². The Kier molecular flexibility index (Phi) is 10.1. The van der Waals surface area contributed by atoms with Gasteiger partial charge in [-0.25, -0.2) is 0 Å². The van der Waals surface area contributed by atoms with Gasteiger partial charge in [-0.2, -0.15) is 0 Å². The van der Waals surface area contributed by atoms with Gasteiger partial charge in [0.2, 0.25) is 0 Å². The second kappa shape index (κ2) is 10.0. The van der Waals surface area contributed by atoms with Crippen molar-refractivity contribution >= 4 is 11.8 Å². The molecule has 0 aliphatic heterocycles. The second-order valence-corrected chi connectivity index (χ2v) is 3.48. The average Bonchev–Trinajstić information content (AvgIpc) is 2.03. The molecule has 0 atom stereocenters. The predicted octanol–water partition coefficient (Wildman–Crippen LogP) is 2.81. The van der Waals surface area contributed by atoms with E-state index < -0.39 is 0 Å². The van der Waals surface area contributed by atoms with Crippen LogP contribution in [0.1, 0.15) is 32.6 Å². The molecular formula is C9H18OS. The van der Waals surface area contributed by atoms with E-state index >= 15 is 0 Å². The lowest BCUT2D eigenvalue weighted by molar-refractivity contribution is 0.322. The molecule has 11 heavy (non-hydrogen) atoms. The molecule has 1 N–H and O–H groups in total. The van der Waals surface area contributed by atoms with Crippen LogP contribution < -0.4 is 0 Å². The van der Waals surface area contributed by atoms with Gasteiger partial charge in [0.1, 0.15) is 0 Å². The molecule has 0 spiro atoms. The molecule has 0 fully saturated rings. The van der Waals surface area contributed by atoms with Crippen molar-refractivity contribution in [1.82, 2.24) is 0 Å². The maximum absolute atomic E-state index is 8.45. The molecule has 2 heteroatoms. The smallest absolute Gasteiger partial charge is 0.0525 e. The van der Waals surface area contributed by atoms with Crippen LogP contribution in [0.4, 0.5) is 0 Å². The van der Waals surface area contributed by atoms with Crippen LogP contribution in [0.25, 0.3) is 0 Å². The SMILES string of the molecule is CCCCCC=CSCCO. The number of hydrogen-bond donors (Lipinski definition) is 1. The van der Waals surface area contributed by atoms with Gasteiger partial charge < -0.3 is 5.11 Å². The number of unbranched alkanes of at least 4 members (excludes halogenated alkanes) is 3. The van der Waals surface area contributed by atoms with Crippen LogP contribution >= 0.6 is 11.8 Å². The number of rotatable bonds is 7. The number of thioether (sulfide) groups is 1. The van der Waals surface area contributed by atoms with E-state index in [2.05, 4.69) is 18.4 Å². The van der Waals surface area contributed by atoms with E-state index in [0.717, 1.165) is 5.75 Å². The molecule has 0 radical (unpaired) electrons. The van der Waals surface area contributed by atoms with Gasteiger partial charge in [0, 0.05) is 5.75 Å². The van der Waals surface area contributed by atoms with Crippen LogP contribution in [-0.4, -0.2) is 17.5 Å². The van der Waals surface area contributed by atoms with E-state index in [1.165, 1.54) is 25.7 Å². The van der Waals surface area contributed by atoms with Crippen LogP contribution in [0.5, 0.6) is 0 Å². The van der Waals surface area contributed by atoms with E-state index in [1.54, 1.807) is 11.8 Å². The molecule has 0 aliphatic rings. The molecule has 0 aromatic rings. The van der Waals surface area contributed by atoms with E-state index in [4.69, 9.17) is 5.11 Å². The van der Waals surface area contributed by atoms with Crippen molar-refractivity contribution in [1.29, 1.82) is 0 Å². The molecule has 0 aromatic heterocycles. The number of allylic oxidation sites excluding steroid dienone is 1. The lowest BCUT2D eigenvalue weighted by atomic mass is 10.2. The topological polar surface area (TPSA) is 20.2 Å². The molecule has 1 nitrogen and oxygen atoms in total. The van der Waals surface area contributed by atoms with Crippen LogP contribution in [0, 0.1) is 0 Å². The van der Waals surface area contributed by atoms with Crippen LogP contribution in [0.2, 0.25) is 0 Å². The minimum Gasteiger partial charge on any atom is -0.396 e. The monoisotopic (exact) mass is 174 g/mol. The fourth-order valence-corrected chi connectivity index (χ4v) is 1.28. The first kappa shape index (κ1) is 11.1. The zero-order chi connectivity index (χ0) is 8.36. The lowest BCUT2D eigenvalue weighted by Gasteiger charge is -1.91. The molecular weight excluding hydrogens is 156 g/mol. The first-order valence-electron chi connectivity index (χ1n) is 4.29. The summed E-state index contributed by atoms with van der Waals surface area (Å²) in [6.07, 6.45) is 7.29. The first-order chi connectivity index (χ1) is 5.41. The quantitative estimate of drug-likeness (QED) is 0.599. The Bertz CT molecular complexity index is 91.6. The molecule has 0 heterocycles. The van der Waals surface area contributed by atoms with E-state index in [9.17, 15) is 0 Å². The van der Waals surface area contributed by atoms with Crippen LogP contribution in [-0.2, 0) is 0 Å². The Morgan fingerprint density at radius 2 is 2.18 bits per heavy atom. The minimum atomic E-state index is 0.282. The Labute approximate surface area is 73.9 Å². The molecule has 0 amide bonds. The second-order valence-electron chi connectivity index (χ2n) is 2.46. The molecule has 0 aliphatic carbocycles. The third-order valence-electron chi connectivity index (χ3n) is 1.38. The van der Waals surface area contributed by atoms with Gasteiger partial charge in [-0.3, -0.25) is 0 Å². The molecule has 66 valence electrons. The number of hydrogen-bond acceptors (Lipinski definition) is 2. The molecule has 0 bridgehead atoms. The lowest BCUT2D eigenvalue weighted by Crippen LogP contribution is -1.81.